The third-order valence-corrected chi connectivity index (χ3v) is 6.31. The van der Waals surface area contributed by atoms with Crippen molar-refractivity contribution in [1.29, 1.82) is 0 Å². The summed E-state index contributed by atoms with van der Waals surface area (Å²) in [6.45, 7) is 6.90. The van der Waals surface area contributed by atoms with Crippen molar-refractivity contribution in [2.75, 3.05) is 0 Å². The second kappa shape index (κ2) is 9.13. The van der Waals surface area contributed by atoms with Crippen molar-refractivity contribution in [2.45, 2.75) is 77.0 Å². The molecule has 1 fully saturated rings. The highest BCUT2D eigenvalue weighted by Gasteiger charge is 2.40. The first-order chi connectivity index (χ1) is 13.8. The average Bonchev–Trinajstić information content (AvgIpc) is 2.72. The van der Waals surface area contributed by atoms with Gasteiger partial charge < -0.3 is 10.0 Å². The molecule has 1 aliphatic carbocycles. The molecule has 0 bridgehead atoms. The SMILES string of the molecule is CC(C)(C)N(Cc1ccccc1)C(=O)CCC1CCCCC1(O)c1ccccc1. The Morgan fingerprint density at radius 1 is 1.03 bits per heavy atom. The third-order valence-electron chi connectivity index (χ3n) is 6.31. The Hall–Kier alpha value is -2.13. The van der Waals surface area contributed by atoms with Crippen LogP contribution in [0.4, 0.5) is 0 Å². The number of rotatable bonds is 6. The predicted octanol–water partition coefficient (Wildman–Crippen LogP) is 5.67. The van der Waals surface area contributed by atoms with E-state index in [1.165, 1.54) is 0 Å². The van der Waals surface area contributed by atoms with Gasteiger partial charge in [-0.2, -0.15) is 0 Å². The lowest BCUT2D eigenvalue weighted by molar-refractivity contribution is -0.138. The molecule has 3 heteroatoms. The molecule has 1 amide bonds. The Balaban J connectivity index is 1.71. The lowest BCUT2D eigenvalue weighted by Gasteiger charge is -2.41. The Labute approximate surface area is 175 Å². The number of carbonyl (C=O) groups is 1. The number of aliphatic hydroxyl groups is 1. The van der Waals surface area contributed by atoms with Crippen LogP contribution in [0.2, 0.25) is 0 Å². The molecule has 2 atom stereocenters. The molecule has 2 unspecified atom stereocenters. The number of amides is 1. The van der Waals surface area contributed by atoms with Gasteiger partial charge in [-0.05, 0) is 57.1 Å². The van der Waals surface area contributed by atoms with Gasteiger partial charge in [-0.15, -0.1) is 0 Å². The summed E-state index contributed by atoms with van der Waals surface area (Å²) in [5, 5.41) is 11.5. The fraction of sp³-hybridized carbons (Fsp3) is 0.500. The van der Waals surface area contributed by atoms with Crippen molar-refractivity contribution in [3.63, 3.8) is 0 Å². The predicted molar refractivity (Wildman–Crippen MR) is 118 cm³/mol. The molecule has 29 heavy (non-hydrogen) atoms. The number of carbonyl (C=O) groups excluding carboxylic acids is 1. The average molecular weight is 394 g/mol. The lowest BCUT2D eigenvalue weighted by atomic mass is 9.69. The highest BCUT2D eigenvalue weighted by Crippen LogP contribution is 2.44. The second-order valence-corrected chi connectivity index (χ2v) is 9.41. The highest BCUT2D eigenvalue weighted by atomic mass is 16.3. The van der Waals surface area contributed by atoms with E-state index in [4.69, 9.17) is 0 Å². The van der Waals surface area contributed by atoms with Crippen molar-refractivity contribution in [2.24, 2.45) is 5.92 Å². The summed E-state index contributed by atoms with van der Waals surface area (Å²) >= 11 is 0. The van der Waals surface area contributed by atoms with Crippen molar-refractivity contribution < 1.29 is 9.90 Å². The Kier molecular flexibility index (Phi) is 6.79. The summed E-state index contributed by atoms with van der Waals surface area (Å²) in [5.41, 5.74) is 1.09. The van der Waals surface area contributed by atoms with E-state index in [9.17, 15) is 9.90 Å². The minimum absolute atomic E-state index is 0.126. The first-order valence-electron chi connectivity index (χ1n) is 10.9. The van der Waals surface area contributed by atoms with Gasteiger partial charge in [-0.3, -0.25) is 4.79 Å². The molecule has 3 nitrogen and oxygen atoms in total. The Bertz CT molecular complexity index is 781. The Morgan fingerprint density at radius 2 is 1.66 bits per heavy atom. The second-order valence-electron chi connectivity index (χ2n) is 9.41. The van der Waals surface area contributed by atoms with Gasteiger partial charge >= 0.3 is 0 Å². The van der Waals surface area contributed by atoms with Crippen LogP contribution in [0.1, 0.15) is 70.4 Å². The van der Waals surface area contributed by atoms with Gasteiger partial charge in [0.15, 0.2) is 0 Å². The summed E-state index contributed by atoms with van der Waals surface area (Å²) in [6, 6.07) is 20.2. The topological polar surface area (TPSA) is 40.5 Å². The molecule has 1 saturated carbocycles. The molecule has 2 aromatic carbocycles. The Morgan fingerprint density at radius 3 is 2.28 bits per heavy atom. The maximum atomic E-state index is 13.2. The molecule has 0 aliphatic heterocycles. The normalized spacial score (nSPS) is 22.3. The molecular weight excluding hydrogens is 358 g/mol. The van der Waals surface area contributed by atoms with Crippen LogP contribution in [-0.2, 0) is 16.9 Å². The molecule has 0 aromatic heterocycles. The van der Waals surface area contributed by atoms with Gasteiger partial charge in [0.1, 0.15) is 0 Å². The maximum absolute atomic E-state index is 13.2. The zero-order valence-electron chi connectivity index (χ0n) is 18.1. The molecule has 0 radical (unpaired) electrons. The number of benzene rings is 2. The minimum Gasteiger partial charge on any atom is -0.385 e. The fourth-order valence-corrected chi connectivity index (χ4v) is 4.62. The molecule has 0 heterocycles. The van der Waals surface area contributed by atoms with Crippen LogP contribution >= 0.6 is 0 Å². The zero-order chi connectivity index (χ0) is 20.9. The first-order valence-corrected chi connectivity index (χ1v) is 10.9. The van der Waals surface area contributed by atoms with E-state index in [1.54, 1.807) is 0 Å². The van der Waals surface area contributed by atoms with Crippen LogP contribution < -0.4 is 0 Å². The van der Waals surface area contributed by atoms with Gasteiger partial charge in [0.05, 0.1) is 5.60 Å². The van der Waals surface area contributed by atoms with Gasteiger partial charge in [0.25, 0.3) is 0 Å². The standard InChI is InChI=1S/C26H35NO2/c1-25(2,3)27(20-21-12-6-4-7-13-21)24(28)18-17-23-16-10-11-19-26(23,29)22-14-8-5-9-15-22/h4-9,12-15,23,29H,10-11,16-20H2,1-3H3. The van der Waals surface area contributed by atoms with E-state index in [1.807, 2.05) is 53.4 Å². The van der Waals surface area contributed by atoms with Gasteiger partial charge in [0.2, 0.25) is 5.91 Å². The van der Waals surface area contributed by atoms with Crippen LogP contribution in [0.5, 0.6) is 0 Å². The number of hydrogen-bond acceptors (Lipinski definition) is 2. The van der Waals surface area contributed by atoms with Gasteiger partial charge in [-0.25, -0.2) is 0 Å². The largest absolute Gasteiger partial charge is 0.385 e. The monoisotopic (exact) mass is 393 g/mol. The summed E-state index contributed by atoms with van der Waals surface area (Å²) < 4.78 is 0. The quantitative estimate of drug-likeness (QED) is 0.687. The van der Waals surface area contributed by atoms with E-state index >= 15 is 0 Å². The lowest BCUT2D eigenvalue weighted by Crippen LogP contribution is -2.45. The summed E-state index contributed by atoms with van der Waals surface area (Å²) in [7, 11) is 0. The van der Waals surface area contributed by atoms with Crippen LogP contribution in [0.3, 0.4) is 0 Å². The highest BCUT2D eigenvalue weighted by molar-refractivity contribution is 5.77. The van der Waals surface area contributed by atoms with Crippen LogP contribution in [-0.4, -0.2) is 21.5 Å². The smallest absolute Gasteiger partial charge is 0.223 e. The summed E-state index contributed by atoms with van der Waals surface area (Å²) in [6.07, 6.45) is 5.13. The molecule has 0 saturated heterocycles. The van der Waals surface area contributed by atoms with E-state index < -0.39 is 5.60 Å². The van der Waals surface area contributed by atoms with Crippen molar-refractivity contribution >= 4 is 5.91 Å². The minimum atomic E-state index is -0.814. The summed E-state index contributed by atoms with van der Waals surface area (Å²) in [5.74, 6) is 0.295. The molecule has 2 aromatic rings. The third kappa shape index (κ3) is 5.27. The van der Waals surface area contributed by atoms with E-state index in [0.717, 1.165) is 43.2 Å². The first kappa shape index (κ1) is 21.6. The molecule has 156 valence electrons. The molecule has 0 spiro atoms. The van der Waals surface area contributed by atoms with Crippen molar-refractivity contribution in [3.05, 3.63) is 71.8 Å². The zero-order valence-corrected chi connectivity index (χ0v) is 18.1. The van der Waals surface area contributed by atoms with E-state index in [-0.39, 0.29) is 17.4 Å². The summed E-state index contributed by atoms with van der Waals surface area (Å²) in [4.78, 5) is 15.2. The fourth-order valence-electron chi connectivity index (χ4n) is 4.62. The number of nitrogens with zero attached hydrogens (tertiary/aromatic N) is 1. The molecule has 1 aliphatic rings. The van der Waals surface area contributed by atoms with Gasteiger partial charge in [0, 0.05) is 18.5 Å². The van der Waals surface area contributed by atoms with Crippen LogP contribution in [0, 0.1) is 5.92 Å². The van der Waals surface area contributed by atoms with Crippen molar-refractivity contribution in [3.8, 4) is 0 Å². The molecule has 3 rings (SSSR count). The van der Waals surface area contributed by atoms with Crippen LogP contribution in [0.15, 0.2) is 60.7 Å². The van der Waals surface area contributed by atoms with Crippen molar-refractivity contribution in [1.82, 2.24) is 4.90 Å². The molecular formula is C26H35NO2. The van der Waals surface area contributed by atoms with E-state index in [0.29, 0.717) is 13.0 Å². The van der Waals surface area contributed by atoms with Crippen LogP contribution in [0.25, 0.3) is 0 Å². The van der Waals surface area contributed by atoms with Gasteiger partial charge in [-0.1, -0.05) is 73.5 Å². The maximum Gasteiger partial charge on any atom is 0.223 e. The number of hydrogen-bond donors (Lipinski definition) is 1. The van der Waals surface area contributed by atoms with E-state index in [2.05, 4.69) is 32.9 Å². The molecule has 1 N–H and O–H groups in total.